The van der Waals surface area contributed by atoms with E-state index in [0.29, 0.717) is 11.3 Å². The molecule has 3 nitrogen and oxygen atoms in total. The average Bonchev–Trinajstić information content (AvgIpc) is 2.31. The van der Waals surface area contributed by atoms with Crippen molar-refractivity contribution in [2.45, 2.75) is 26.3 Å². The molecule has 1 aromatic carbocycles. The second-order valence-electron chi connectivity index (χ2n) is 5.38. The number of aromatic nitrogens is 1. The van der Waals surface area contributed by atoms with E-state index in [1.807, 2.05) is 0 Å². The number of hydrogen-bond donors (Lipinski definition) is 1. The number of pyridine rings is 1. The Balaban J connectivity index is 2.75. The number of nitrogens with zero attached hydrogens (tertiary/aromatic N) is 1. The Hall–Kier alpha value is -2.01. The van der Waals surface area contributed by atoms with Crippen LogP contribution in [0.3, 0.4) is 0 Å². The zero-order valence-electron chi connectivity index (χ0n) is 11.6. The van der Waals surface area contributed by atoms with E-state index in [2.05, 4.69) is 0 Å². The highest BCUT2D eigenvalue weighted by molar-refractivity contribution is 5.38. The molecule has 1 heterocycles. The van der Waals surface area contributed by atoms with Crippen LogP contribution in [0.2, 0.25) is 0 Å². The normalized spacial score (nSPS) is 11.7. The van der Waals surface area contributed by atoms with Gasteiger partial charge in [0.2, 0.25) is 0 Å². The highest BCUT2D eigenvalue weighted by atomic mass is 19.1. The van der Waals surface area contributed by atoms with Crippen LogP contribution < -0.4 is 11.2 Å². The number of benzene rings is 1. The van der Waals surface area contributed by atoms with Crippen molar-refractivity contribution in [3.05, 3.63) is 63.6 Å². The first kappa shape index (κ1) is 14.4. The molecule has 0 aliphatic carbocycles. The summed E-state index contributed by atoms with van der Waals surface area (Å²) in [5.41, 5.74) is 5.75. The molecule has 2 N–H and O–H groups in total. The van der Waals surface area contributed by atoms with Gasteiger partial charge in [-0.3, -0.25) is 4.79 Å². The summed E-state index contributed by atoms with van der Waals surface area (Å²) < 4.78 is 28.6. The Labute approximate surface area is 115 Å². The number of rotatable bonds is 2. The van der Waals surface area contributed by atoms with Gasteiger partial charge < -0.3 is 10.3 Å². The van der Waals surface area contributed by atoms with E-state index in [9.17, 15) is 13.6 Å². The Morgan fingerprint density at radius 1 is 1.20 bits per heavy atom. The molecule has 20 heavy (non-hydrogen) atoms. The fourth-order valence-corrected chi connectivity index (χ4v) is 2.05. The van der Waals surface area contributed by atoms with Crippen molar-refractivity contribution in [2.75, 3.05) is 0 Å². The summed E-state index contributed by atoms with van der Waals surface area (Å²) in [6.45, 7) is 5.02. The van der Waals surface area contributed by atoms with Crippen LogP contribution in [0.25, 0.3) is 5.69 Å². The molecule has 0 saturated heterocycles. The summed E-state index contributed by atoms with van der Waals surface area (Å²) in [6.07, 6.45) is 1.47. The molecule has 2 rings (SSSR count). The number of hydrogen-bond acceptors (Lipinski definition) is 2. The van der Waals surface area contributed by atoms with Crippen LogP contribution in [-0.2, 0) is 5.54 Å². The van der Waals surface area contributed by atoms with Gasteiger partial charge in [-0.2, -0.15) is 0 Å². The SMILES string of the molecule is Cc1cc(=O)c(C(C)(C)N)cn1-c1cc(F)ccc1F. The summed E-state index contributed by atoms with van der Waals surface area (Å²) in [7, 11) is 0. The first-order chi connectivity index (χ1) is 9.20. The minimum atomic E-state index is -0.865. The van der Waals surface area contributed by atoms with Gasteiger partial charge in [-0.05, 0) is 32.9 Å². The Morgan fingerprint density at radius 2 is 1.85 bits per heavy atom. The topological polar surface area (TPSA) is 48.0 Å². The van der Waals surface area contributed by atoms with E-state index < -0.39 is 17.2 Å². The fraction of sp³-hybridized carbons (Fsp3) is 0.267. The van der Waals surface area contributed by atoms with Gasteiger partial charge in [0.05, 0.1) is 5.69 Å². The predicted molar refractivity (Wildman–Crippen MR) is 73.9 cm³/mol. The van der Waals surface area contributed by atoms with Crippen LogP contribution in [0.1, 0.15) is 25.1 Å². The fourth-order valence-electron chi connectivity index (χ4n) is 2.05. The standard InChI is InChI=1S/C15H16F2N2O/c1-9-6-14(20)11(15(2,3)18)8-19(9)13-7-10(16)4-5-12(13)17/h4-8H,18H2,1-3H3. The highest BCUT2D eigenvalue weighted by Gasteiger charge is 2.20. The van der Waals surface area contributed by atoms with Crippen LogP contribution in [0.5, 0.6) is 0 Å². The Bertz CT molecular complexity index is 715. The maximum atomic E-state index is 13.9. The third kappa shape index (κ3) is 2.63. The molecule has 2 aromatic rings. The largest absolute Gasteiger partial charge is 0.322 e. The van der Waals surface area contributed by atoms with Gasteiger partial charge in [0.15, 0.2) is 5.43 Å². The summed E-state index contributed by atoms with van der Waals surface area (Å²) >= 11 is 0. The molecule has 0 atom stereocenters. The van der Waals surface area contributed by atoms with Crippen LogP contribution in [-0.4, -0.2) is 4.57 Å². The molecule has 0 aliphatic rings. The number of halogens is 2. The third-order valence-corrected chi connectivity index (χ3v) is 3.11. The van der Waals surface area contributed by atoms with Crippen molar-refractivity contribution < 1.29 is 8.78 Å². The van der Waals surface area contributed by atoms with Gasteiger partial charge in [0.1, 0.15) is 11.6 Å². The molecule has 5 heteroatoms. The maximum absolute atomic E-state index is 13.9. The Kier molecular flexibility index (Phi) is 3.48. The van der Waals surface area contributed by atoms with Crippen molar-refractivity contribution in [2.24, 2.45) is 5.73 Å². The lowest BCUT2D eigenvalue weighted by Gasteiger charge is -2.21. The molecule has 0 amide bonds. The molecule has 0 unspecified atom stereocenters. The minimum absolute atomic E-state index is 0.0491. The molecule has 0 aliphatic heterocycles. The van der Waals surface area contributed by atoms with Crippen molar-refractivity contribution >= 4 is 0 Å². The van der Waals surface area contributed by atoms with E-state index >= 15 is 0 Å². The van der Waals surface area contributed by atoms with Crippen molar-refractivity contribution in [1.29, 1.82) is 0 Å². The van der Waals surface area contributed by atoms with Crippen LogP contribution in [0.4, 0.5) is 8.78 Å². The predicted octanol–water partition coefficient (Wildman–Crippen LogP) is 2.62. The summed E-state index contributed by atoms with van der Waals surface area (Å²) in [5.74, 6) is -1.12. The van der Waals surface area contributed by atoms with E-state index in [0.717, 1.165) is 18.2 Å². The van der Waals surface area contributed by atoms with Crippen molar-refractivity contribution in [3.63, 3.8) is 0 Å². The van der Waals surface area contributed by atoms with Crippen LogP contribution >= 0.6 is 0 Å². The molecular weight excluding hydrogens is 262 g/mol. The van der Waals surface area contributed by atoms with Gasteiger partial charge in [0.25, 0.3) is 0 Å². The summed E-state index contributed by atoms with van der Waals surface area (Å²) in [5, 5.41) is 0. The zero-order chi connectivity index (χ0) is 15.1. The van der Waals surface area contributed by atoms with E-state index in [1.165, 1.54) is 16.8 Å². The second kappa shape index (κ2) is 4.83. The van der Waals surface area contributed by atoms with Gasteiger partial charge in [0, 0.05) is 35.1 Å². The summed E-state index contributed by atoms with van der Waals surface area (Å²) in [6, 6.07) is 4.55. The first-order valence-corrected chi connectivity index (χ1v) is 6.18. The number of aryl methyl sites for hydroxylation is 1. The van der Waals surface area contributed by atoms with Gasteiger partial charge in [-0.1, -0.05) is 0 Å². The van der Waals surface area contributed by atoms with E-state index in [-0.39, 0.29) is 11.1 Å². The minimum Gasteiger partial charge on any atom is -0.322 e. The second-order valence-corrected chi connectivity index (χ2v) is 5.38. The molecule has 1 aromatic heterocycles. The summed E-state index contributed by atoms with van der Waals surface area (Å²) in [4.78, 5) is 12.0. The molecule has 0 bridgehead atoms. The van der Waals surface area contributed by atoms with E-state index in [1.54, 1.807) is 20.8 Å². The molecular formula is C15H16F2N2O. The monoisotopic (exact) mass is 278 g/mol. The quantitative estimate of drug-likeness (QED) is 0.918. The zero-order valence-corrected chi connectivity index (χ0v) is 11.6. The lowest BCUT2D eigenvalue weighted by Crippen LogP contribution is -2.35. The van der Waals surface area contributed by atoms with Gasteiger partial charge in [-0.15, -0.1) is 0 Å². The van der Waals surface area contributed by atoms with Crippen molar-refractivity contribution in [3.8, 4) is 5.69 Å². The maximum Gasteiger partial charge on any atom is 0.186 e. The van der Waals surface area contributed by atoms with Gasteiger partial charge in [-0.25, -0.2) is 8.78 Å². The molecule has 0 fully saturated rings. The average molecular weight is 278 g/mol. The van der Waals surface area contributed by atoms with Crippen LogP contribution in [0, 0.1) is 18.6 Å². The Morgan fingerprint density at radius 3 is 2.45 bits per heavy atom. The molecule has 106 valence electrons. The molecule has 0 spiro atoms. The smallest absolute Gasteiger partial charge is 0.186 e. The van der Waals surface area contributed by atoms with Crippen molar-refractivity contribution in [1.82, 2.24) is 4.57 Å². The van der Waals surface area contributed by atoms with Crippen LogP contribution in [0.15, 0.2) is 35.3 Å². The molecule has 0 saturated carbocycles. The lowest BCUT2D eigenvalue weighted by molar-refractivity contribution is 0.542. The third-order valence-electron chi connectivity index (χ3n) is 3.11. The number of nitrogens with two attached hydrogens (primary N) is 1. The van der Waals surface area contributed by atoms with E-state index in [4.69, 9.17) is 5.73 Å². The highest BCUT2D eigenvalue weighted by Crippen LogP contribution is 2.20. The molecule has 0 radical (unpaired) electrons. The lowest BCUT2D eigenvalue weighted by atomic mass is 9.96. The first-order valence-electron chi connectivity index (χ1n) is 6.18. The van der Waals surface area contributed by atoms with Gasteiger partial charge >= 0.3 is 0 Å².